The van der Waals surface area contributed by atoms with E-state index in [-0.39, 0.29) is 23.9 Å². The molecule has 0 spiro atoms. The molecule has 0 saturated carbocycles. The maximum absolute atomic E-state index is 13.1. The molecule has 1 aliphatic heterocycles. The number of carbonyl (C=O) groups excluding carboxylic acids is 1. The molecule has 2 N–H and O–H groups in total. The molecule has 3 rings (SSSR count). The number of ether oxygens (including phenoxy) is 1. The molecule has 2 aromatic carbocycles. The minimum Gasteiger partial charge on any atom is -0.399 e. The number of anilines is 1. The molecule has 5 heteroatoms. The lowest BCUT2D eigenvalue weighted by Crippen LogP contribution is -2.46. The molecule has 1 amide bonds. The third kappa shape index (κ3) is 3.51. The molecule has 2 aromatic rings. The fourth-order valence-corrected chi connectivity index (χ4v) is 2.83. The van der Waals surface area contributed by atoms with Crippen molar-refractivity contribution < 1.29 is 13.9 Å². The molecule has 0 radical (unpaired) electrons. The van der Waals surface area contributed by atoms with E-state index in [4.69, 9.17) is 10.5 Å². The van der Waals surface area contributed by atoms with Gasteiger partial charge in [0.25, 0.3) is 5.91 Å². The second kappa shape index (κ2) is 6.38. The average molecular weight is 314 g/mol. The Balaban J connectivity index is 1.80. The van der Waals surface area contributed by atoms with Crippen LogP contribution in [0.4, 0.5) is 10.1 Å². The Morgan fingerprint density at radius 1 is 1.22 bits per heavy atom. The Labute approximate surface area is 134 Å². The van der Waals surface area contributed by atoms with E-state index in [0.717, 1.165) is 5.56 Å². The summed E-state index contributed by atoms with van der Waals surface area (Å²) in [5.74, 6) is -0.357. The van der Waals surface area contributed by atoms with Crippen LogP contribution < -0.4 is 5.73 Å². The summed E-state index contributed by atoms with van der Waals surface area (Å²) >= 11 is 0. The Kier molecular flexibility index (Phi) is 4.30. The monoisotopic (exact) mass is 314 g/mol. The number of halogens is 1. The van der Waals surface area contributed by atoms with Crippen LogP contribution >= 0.6 is 0 Å². The molecule has 1 heterocycles. The molecule has 1 saturated heterocycles. The molecular formula is C18H19FN2O2. The molecule has 1 fully saturated rings. The number of nitrogen functional groups attached to an aromatic ring is 1. The molecule has 23 heavy (non-hydrogen) atoms. The SMILES string of the molecule is CC1CN(C(=O)c2cccc(N)c2)CC(c2ccc(F)cc2)O1. The van der Waals surface area contributed by atoms with Gasteiger partial charge in [-0.2, -0.15) is 0 Å². The van der Waals surface area contributed by atoms with E-state index in [2.05, 4.69) is 0 Å². The van der Waals surface area contributed by atoms with Crippen LogP contribution in [-0.2, 0) is 4.74 Å². The Morgan fingerprint density at radius 2 is 1.96 bits per heavy atom. The van der Waals surface area contributed by atoms with Crippen molar-refractivity contribution >= 4 is 11.6 Å². The topological polar surface area (TPSA) is 55.6 Å². The maximum atomic E-state index is 13.1. The summed E-state index contributed by atoms with van der Waals surface area (Å²) in [4.78, 5) is 14.4. The Morgan fingerprint density at radius 3 is 2.65 bits per heavy atom. The van der Waals surface area contributed by atoms with Gasteiger partial charge in [-0.1, -0.05) is 18.2 Å². The predicted molar refractivity (Wildman–Crippen MR) is 86.4 cm³/mol. The quantitative estimate of drug-likeness (QED) is 0.867. The minimum absolute atomic E-state index is 0.0699. The van der Waals surface area contributed by atoms with Crippen molar-refractivity contribution in [3.05, 3.63) is 65.5 Å². The molecule has 0 aliphatic carbocycles. The minimum atomic E-state index is -0.287. The first-order chi connectivity index (χ1) is 11.0. The van der Waals surface area contributed by atoms with Gasteiger partial charge < -0.3 is 15.4 Å². The molecule has 2 atom stereocenters. The van der Waals surface area contributed by atoms with E-state index in [0.29, 0.717) is 24.3 Å². The number of carbonyl (C=O) groups is 1. The standard InChI is InChI=1S/C18H19FN2O2/c1-12-10-21(18(22)14-3-2-4-16(20)9-14)11-17(23-12)13-5-7-15(19)8-6-13/h2-9,12,17H,10-11,20H2,1H3. The highest BCUT2D eigenvalue weighted by molar-refractivity contribution is 5.95. The van der Waals surface area contributed by atoms with Crippen LogP contribution in [0.25, 0.3) is 0 Å². The number of hydrogen-bond donors (Lipinski definition) is 1. The molecular weight excluding hydrogens is 295 g/mol. The fraction of sp³-hybridized carbons (Fsp3) is 0.278. The van der Waals surface area contributed by atoms with Crippen LogP contribution in [0.2, 0.25) is 0 Å². The zero-order valence-electron chi connectivity index (χ0n) is 12.9. The highest BCUT2D eigenvalue weighted by atomic mass is 19.1. The molecule has 1 aliphatic rings. The second-order valence-electron chi connectivity index (χ2n) is 5.82. The molecule has 0 aromatic heterocycles. The molecule has 0 bridgehead atoms. The van der Waals surface area contributed by atoms with E-state index in [1.54, 1.807) is 41.3 Å². The number of morpholine rings is 1. The third-order valence-electron chi connectivity index (χ3n) is 3.92. The van der Waals surface area contributed by atoms with Crippen LogP contribution in [0.1, 0.15) is 28.9 Å². The number of nitrogens with zero attached hydrogens (tertiary/aromatic N) is 1. The van der Waals surface area contributed by atoms with Crippen molar-refractivity contribution in [2.75, 3.05) is 18.8 Å². The van der Waals surface area contributed by atoms with Crippen molar-refractivity contribution in [1.82, 2.24) is 4.90 Å². The summed E-state index contributed by atoms with van der Waals surface area (Å²) in [6.07, 6.45) is -0.354. The number of rotatable bonds is 2. The predicted octanol–water partition coefficient (Wildman–Crippen LogP) is 3.01. The fourth-order valence-electron chi connectivity index (χ4n) is 2.83. The summed E-state index contributed by atoms with van der Waals surface area (Å²) in [6.45, 7) is 2.88. The van der Waals surface area contributed by atoms with Crippen molar-refractivity contribution in [1.29, 1.82) is 0 Å². The highest BCUT2D eigenvalue weighted by Crippen LogP contribution is 2.26. The van der Waals surface area contributed by atoms with E-state index >= 15 is 0 Å². The van der Waals surface area contributed by atoms with Crippen molar-refractivity contribution in [3.8, 4) is 0 Å². The van der Waals surface area contributed by atoms with Crippen LogP contribution in [-0.4, -0.2) is 30.0 Å². The first kappa shape index (κ1) is 15.5. The van der Waals surface area contributed by atoms with Gasteiger partial charge in [-0.25, -0.2) is 4.39 Å². The van der Waals surface area contributed by atoms with Gasteiger partial charge in [0.15, 0.2) is 0 Å². The van der Waals surface area contributed by atoms with Crippen molar-refractivity contribution in [2.45, 2.75) is 19.1 Å². The van der Waals surface area contributed by atoms with Gasteiger partial charge in [-0.3, -0.25) is 4.79 Å². The first-order valence-electron chi connectivity index (χ1n) is 7.58. The van der Waals surface area contributed by atoms with Crippen LogP contribution in [0.3, 0.4) is 0 Å². The first-order valence-corrected chi connectivity index (χ1v) is 7.58. The number of hydrogen-bond acceptors (Lipinski definition) is 3. The summed E-state index contributed by atoms with van der Waals surface area (Å²) in [5, 5.41) is 0. The zero-order valence-corrected chi connectivity index (χ0v) is 12.9. The molecule has 4 nitrogen and oxygen atoms in total. The van der Waals surface area contributed by atoms with Gasteiger partial charge in [-0.15, -0.1) is 0 Å². The van der Waals surface area contributed by atoms with Gasteiger partial charge in [0.1, 0.15) is 11.9 Å². The summed E-state index contributed by atoms with van der Waals surface area (Å²) in [5.41, 5.74) is 7.75. The third-order valence-corrected chi connectivity index (χ3v) is 3.92. The molecule has 120 valence electrons. The second-order valence-corrected chi connectivity index (χ2v) is 5.82. The summed E-state index contributed by atoms with van der Waals surface area (Å²) in [7, 11) is 0. The van der Waals surface area contributed by atoms with E-state index in [1.807, 2.05) is 6.92 Å². The zero-order chi connectivity index (χ0) is 16.4. The highest BCUT2D eigenvalue weighted by Gasteiger charge is 2.30. The van der Waals surface area contributed by atoms with Crippen LogP contribution in [0, 0.1) is 5.82 Å². The smallest absolute Gasteiger partial charge is 0.254 e. The van der Waals surface area contributed by atoms with Crippen LogP contribution in [0.15, 0.2) is 48.5 Å². The lowest BCUT2D eigenvalue weighted by atomic mass is 10.1. The maximum Gasteiger partial charge on any atom is 0.254 e. The lowest BCUT2D eigenvalue weighted by Gasteiger charge is -2.37. The number of nitrogens with two attached hydrogens (primary N) is 1. The Bertz CT molecular complexity index is 702. The van der Waals surface area contributed by atoms with Gasteiger partial charge in [0.05, 0.1) is 12.6 Å². The van der Waals surface area contributed by atoms with Crippen molar-refractivity contribution in [2.24, 2.45) is 0 Å². The molecule has 2 unspecified atom stereocenters. The number of benzene rings is 2. The Hall–Kier alpha value is -2.40. The number of amides is 1. The van der Waals surface area contributed by atoms with Gasteiger partial charge in [0, 0.05) is 17.8 Å². The lowest BCUT2D eigenvalue weighted by molar-refractivity contribution is -0.0691. The van der Waals surface area contributed by atoms with E-state index < -0.39 is 0 Å². The van der Waals surface area contributed by atoms with Crippen molar-refractivity contribution in [3.63, 3.8) is 0 Å². The summed E-state index contributed by atoms with van der Waals surface area (Å²) < 4.78 is 19.0. The van der Waals surface area contributed by atoms with Crippen LogP contribution in [0.5, 0.6) is 0 Å². The normalized spacial score (nSPS) is 21.2. The average Bonchev–Trinajstić information content (AvgIpc) is 2.54. The van der Waals surface area contributed by atoms with E-state index in [9.17, 15) is 9.18 Å². The summed E-state index contributed by atoms with van der Waals surface area (Å²) in [6, 6.07) is 13.2. The van der Waals surface area contributed by atoms with Gasteiger partial charge in [0.2, 0.25) is 0 Å². The van der Waals surface area contributed by atoms with Gasteiger partial charge >= 0.3 is 0 Å². The largest absolute Gasteiger partial charge is 0.399 e. The van der Waals surface area contributed by atoms with E-state index in [1.165, 1.54) is 12.1 Å². The van der Waals surface area contributed by atoms with Gasteiger partial charge in [-0.05, 0) is 42.8 Å².